The average Bonchev–Trinajstić information content (AvgIpc) is 3.32. The predicted molar refractivity (Wildman–Crippen MR) is 173 cm³/mol. The van der Waals surface area contributed by atoms with E-state index in [1.807, 2.05) is 53.2 Å². The Hall–Kier alpha value is -3.47. The second-order valence-corrected chi connectivity index (χ2v) is 14.2. The Balaban J connectivity index is 1.34. The standard InChI is InChI=1S/C37H39N5O.Pt/c1-25-13-15-38-36(17-25)41-22-26-14-16-39(5)23-32(26)31-12-11-29(21-35(31)41)43-30-19-27(37(2,3)4)18-28(20-30)42-24-40(6)33-9-7-8-10-34(33)42;/h7-13,15,17-19,26,32H,14,16,22-23H2,1-6H3;/q-2;/i6D3;. The van der Waals surface area contributed by atoms with Crippen LogP contribution in [0.25, 0.3) is 16.7 Å². The first-order valence-corrected chi connectivity index (χ1v) is 16.3. The average molecular weight is 768 g/mol. The third-order valence-corrected chi connectivity index (χ3v) is 10.0. The molecule has 3 aromatic carbocycles. The van der Waals surface area contributed by atoms with Crippen LogP contribution < -0.4 is 9.64 Å². The molecule has 0 radical (unpaired) electrons. The number of likely N-dealkylation sites (N-methyl/N-ethyl adjacent to an activating group) is 1. The van der Waals surface area contributed by atoms with Crippen molar-refractivity contribution >= 4 is 22.5 Å². The number of fused-ring (bicyclic) bond motifs is 4. The number of imidazole rings is 1. The van der Waals surface area contributed by atoms with Gasteiger partial charge in [-0.1, -0.05) is 0 Å². The zero-order valence-corrected chi connectivity index (χ0v) is 28.1. The number of anilines is 2. The SMILES string of the molecule is [2H]C([2H])([2H])n1[c](=[Pt])n(-c2[c-]c(Oc3[c-]c4c(cc3)C3CN(C)CCC3CN4c3cc(C)ccn3)cc(C(C)(C)C)c2)c2ccccc21. The van der Waals surface area contributed by atoms with E-state index in [2.05, 4.69) is 94.2 Å². The quantitative estimate of drug-likeness (QED) is 0.177. The number of aromatic nitrogens is 3. The van der Waals surface area contributed by atoms with E-state index in [0.29, 0.717) is 38.3 Å². The Kier molecular flexibility index (Phi) is 6.54. The first-order chi connectivity index (χ1) is 22.3. The Morgan fingerprint density at radius 1 is 1.00 bits per heavy atom. The Bertz CT molecular complexity index is 2040. The van der Waals surface area contributed by atoms with Crippen LogP contribution in [0.4, 0.5) is 11.5 Å². The van der Waals surface area contributed by atoms with Crippen molar-refractivity contribution in [2.24, 2.45) is 12.9 Å². The topological polar surface area (TPSA) is 38.5 Å². The molecule has 2 aromatic heterocycles. The van der Waals surface area contributed by atoms with E-state index in [1.165, 1.54) is 15.7 Å². The van der Waals surface area contributed by atoms with Crippen LogP contribution in [0.15, 0.2) is 66.9 Å². The Morgan fingerprint density at radius 3 is 2.59 bits per heavy atom. The van der Waals surface area contributed by atoms with E-state index < -0.39 is 6.98 Å². The van der Waals surface area contributed by atoms with Gasteiger partial charge < -0.3 is 4.90 Å². The van der Waals surface area contributed by atoms with Gasteiger partial charge in [-0.3, -0.25) is 0 Å². The number of hydrogen-bond donors (Lipinski definition) is 0. The number of hydrogen-bond acceptors (Lipinski definition) is 4. The molecule has 2 aliphatic heterocycles. The van der Waals surface area contributed by atoms with Crippen LogP contribution in [0.3, 0.4) is 0 Å². The van der Waals surface area contributed by atoms with Gasteiger partial charge in [0.1, 0.15) is 0 Å². The molecule has 0 saturated carbocycles. The van der Waals surface area contributed by atoms with Crippen LogP contribution in [0.5, 0.6) is 11.5 Å². The number of para-hydroxylation sites is 2. The number of ether oxygens (including phenoxy) is 1. The summed E-state index contributed by atoms with van der Waals surface area (Å²) in [4.78, 5) is 9.50. The molecule has 6 nitrogen and oxygen atoms in total. The maximum absolute atomic E-state index is 8.27. The molecule has 1 fully saturated rings. The minimum absolute atomic E-state index is 0.203. The van der Waals surface area contributed by atoms with E-state index in [-0.39, 0.29) is 5.41 Å². The summed E-state index contributed by atoms with van der Waals surface area (Å²) in [7, 11) is 2.20. The van der Waals surface area contributed by atoms with Crippen LogP contribution in [0.1, 0.15) is 53.9 Å². The van der Waals surface area contributed by atoms with Crippen molar-refractivity contribution in [1.82, 2.24) is 19.0 Å². The molecule has 2 unspecified atom stereocenters. The van der Waals surface area contributed by atoms with Crippen LogP contribution in [0, 0.1) is 28.8 Å². The number of pyridine rings is 1. The summed E-state index contributed by atoms with van der Waals surface area (Å²) in [5.74, 6) is 3.03. The normalized spacial score (nSPS) is 20.1. The van der Waals surface area contributed by atoms with Crippen LogP contribution in [-0.4, -0.2) is 45.7 Å². The van der Waals surface area contributed by atoms with Crippen LogP contribution >= 0.6 is 0 Å². The number of aryl methyl sites for hydroxylation is 2. The maximum atomic E-state index is 8.27. The molecular formula is C37H39N5OPt-2. The fourth-order valence-electron chi connectivity index (χ4n) is 6.60. The van der Waals surface area contributed by atoms with Crippen molar-refractivity contribution in [3.8, 4) is 17.2 Å². The summed E-state index contributed by atoms with van der Waals surface area (Å²) in [6, 6.07) is 27.2. The van der Waals surface area contributed by atoms with Gasteiger partial charge in [-0.25, -0.2) is 0 Å². The monoisotopic (exact) mass is 767 g/mol. The third kappa shape index (κ3) is 5.26. The van der Waals surface area contributed by atoms with Gasteiger partial charge in [0.05, 0.1) is 0 Å². The molecule has 7 rings (SSSR count). The molecular weight excluding hydrogens is 726 g/mol. The predicted octanol–water partition coefficient (Wildman–Crippen LogP) is 7.63. The number of benzene rings is 3. The van der Waals surface area contributed by atoms with Gasteiger partial charge in [0.25, 0.3) is 0 Å². The van der Waals surface area contributed by atoms with Gasteiger partial charge in [0.15, 0.2) is 0 Å². The second-order valence-electron chi connectivity index (χ2n) is 13.2. The first-order valence-electron chi connectivity index (χ1n) is 16.7. The van der Waals surface area contributed by atoms with E-state index in [9.17, 15) is 0 Å². The molecule has 4 heterocycles. The van der Waals surface area contributed by atoms with Crippen LogP contribution in [-0.2, 0) is 31.7 Å². The van der Waals surface area contributed by atoms with E-state index in [1.54, 1.807) is 0 Å². The number of likely N-dealkylation sites (tertiary alicyclic amines) is 1. The van der Waals surface area contributed by atoms with Crippen molar-refractivity contribution in [1.29, 1.82) is 0 Å². The summed E-state index contributed by atoms with van der Waals surface area (Å²) in [6.45, 7) is 9.24. The van der Waals surface area contributed by atoms with Gasteiger partial charge in [-0.2, -0.15) is 0 Å². The van der Waals surface area contributed by atoms with Gasteiger partial charge in [-0.15, -0.1) is 0 Å². The molecule has 0 amide bonds. The molecule has 0 spiro atoms. The minimum atomic E-state index is -2.34. The van der Waals surface area contributed by atoms with Crippen LogP contribution in [0.2, 0.25) is 0 Å². The molecule has 0 aliphatic carbocycles. The van der Waals surface area contributed by atoms with Crippen molar-refractivity contribution < 1.29 is 28.2 Å². The number of piperidine rings is 1. The summed E-state index contributed by atoms with van der Waals surface area (Å²) < 4.78 is 35.4. The molecule has 230 valence electrons. The van der Waals surface area contributed by atoms with E-state index >= 15 is 0 Å². The van der Waals surface area contributed by atoms with Gasteiger partial charge >= 0.3 is 227 Å². The zero-order chi connectivity index (χ0) is 33.2. The molecule has 7 heteroatoms. The molecule has 0 N–H and O–H groups in total. The number of nitrogens with zero attached hydrogens (tertiary/aromatic N) is 5. The Morgan fingerprint density at radius 2 is 1.82 bits per heavy atom. The molecule has 44 heavy (non-hydrogen) atoms. The van der Waals surface area contributed by atoms with Gasteiger partial charge in [-0.05, 0) is 38.6 Å². The van der Waals surface area contributed by atoms with E-state index in [0.717, 1.165) is 48.6 Å². The first kappa shape index (κ1) is 25.8. The van der Waals surface area contributed by atoms with E-state index in [4.69, 9.17) is 13.8 Å². The summed E-state index contributed by atoms with van der Waals surface area (Å²) in [5, 5.41) is 0. The Labute approximate surface area is 275 Å². The molecule has 2 aliphatic rings. The van der Waals surface area contributed by atoms with Crippen molar-refractivity contribution in [2.45, 2.75) is 45.4 Å². The molecule has 1 saturated heterocycles. The summed E-state index contributed by atoms with van der Waals surface area (Å²) in [5.41, 5.74) is 6.44. The fraction of sp³-hybridized carbons (Fsp3) is 0.351. The summed E-state index contributed by atoms with van der Waals surface area (Å²) in [6.07, 6.45) is 3.02. The molecule has 2 atom stereocenters. The van der Waals surface area contributed by atoms with Crippen molar-refractivity contribution in [2.75, 3.05) is 31.6 Å². The zero-order valence-electron chi connectivity index (χ0n) is 28.8. The second kappa shape index (κ2) is 11.2. The summed E-state index contributed by atoms with van der Waals surface area (Å²) >= 11 is 2.10. The van der Waals surface area contributed by atoms with Crippen molar-refractivity contribution in [3.63, 3.8) is 0 Å². The van der Waals surface area contributed by atoms with Crippen molar-refractivity contribution in [3.05, 3.63) is 99.5 Å². The van der Waals surface area contributed by atoms with Gasteiger partial charge in [0.2, 0.25) is 0 Å². The molecule has 5 aromatic rings. The van der Waals surface area contributed by atoms with Gasteiger partial charge in [0, 0.05) is 6.20 Å². The fourth-order valence-corrected chi connectivity index (χ4v) is 7.42. The third-order valence-electron chi connectivity index (χ3n) is 9.01. The number of rotatable bonds is 4. The molecule has 0 bridgehead atoms.